The van der Waals surface area contributed by atoms with Crippen LogP contribution in [0.2, 0.25) is 15.1 Å². The molecule has 0 bridgehead atoms. The first-order valence-corrected chi connectivity index (χ1v) is 7.87. The molecule has 122 valence electrons. The molecule has 1 amide bonds. The first-order valence-electron chi connectivity index (χ1n) is 6.73. The van der Waals surface area contributed by atoms with Crippen molar-refractivity contribution >= 4 is 46.4 Å². The van der Waals surface area contributed by atoms with E-state index in [1.54, 1.807) is 24.3 Å². The van der Waals surface area contributed by atoms with Crippen LogP contribution in [0.1, 0.15) is 17.3 Å². The van der Waals surface area contributed by atoms with Crippen molar-refractivity contribution in [1.82, 2.24) is 0 Å². The number of halogens is 3. The van der Waals surface area contributed by atoms with Crippen LogP contribution in [0.4, 0.5) is 5.69 Å². The second-order valence-electron chi connectivity index (χ2n) is 4.48. The van der Waals surface area contributed by atoms with Crippen LogP contribution in [0.25, 0.3) is 0 Å². The highest BCUT2D eigenvalue weighted by Gasteiger charge is 2.17. The number of carbonyl (C=O) groups is 1. The first-order chi connectivity index (χ1) is 11.0. The van der Waals surface area contributed by atoms with Gasteiger partial charge in [-0.25, -0.2) is 0 Å². The lowest BCUT2D eigenvalue weighted by Crippen LogP contribution is -2.13. The van der Waals surface area contributed by atoms with Crippen LogP contribution in [0.3, 0.4) is 0 Å². The quantitative estimate of drug-likeness (QED) is 0.772. The van der Waals surface area contributed by atoms with E-state index in [2.05, 4.69) is 5.32 Å². The lowest BCUT2D eigenvalue weighted by Gasteiger charge is -2.13. The number of hydrogen-bond donors (Lipinski definition) is 1. The number of benzene rings is 2. The van der Waals surface area contributed by atoms with Gasteiger partial charge in [0.1, 0.15) is 0 Å². The van der Waals surface area contributed by atoms with Crippen molar-refractivity contribution in [2.75, 3.05) is 19.0 Å². The molecular formula is C16H14Cl3NO3. The standard InChI is InChI=1S/C16H14Cl3NO3/c1-3-23-13-8-9(7-11(18)15(13)22-2)16(21)20-12-6-4-5-10(17)14(12)19/h4-8H,3H2,1-2H3,(H,20,21). The van der Waals surface area contributed by atoms with Crippen molar-refractivity contribution in [3.05, 3.63) is 51.0 Å². The number of nitrogens with one attached hydrogen (secondary N) is 1. The summed E-state index contributed by atoms with van der Waals surface area (Å²) < 4.78 is 10.6. The van der Waals surface area contributed by atoms with Crippen LogP contribution in [0, 0.1) is 0 Å². The van der Waals surface area contributed by atoms with Crippen molar-refractivity contribution in [3.8, 4) is 11.5 Å². The van der Waals surface area contributed by atoms with Crippen molar-refractivity contribution < 1.29 is 14.3 Å². The maximum Gasteiger partial charge on any atom is 0.255 e. The van der Waals surface area contributed by atoms with Crippen molar-refractivity contribution in [3.63, 3.8) is 0 Å². The molecule has 0 atom stereocenters. The summed E-state index contributed by atoms with van der Waals surface area (Å²) in [5.41, 5.74) is 0.726. The molecule has 4 nitrogen and oxygen atoms in total. The highest BCUT2D eigenvalue weighted by atomic mass is 35.5. The number of methoxy groups -OCH3 is 1. The molecule has 0 fully saturated rings. The highest BCUT2D eigenvalue weighted by Crippen LogP contribution is 2.37. The molecule has 0 unspecified atom stereocenters. The number of amides is 1. The van der Waals surface area contributed by atoms with Gasteiger partial charge < -0.3 is 14.8 Å². The smallest absolute Gasteiger partial charge is 0.255 e. The number of anilines is 1. The van der Waals surface area contributed by atoms with Gasteiger partial charge in [-0.05, 0) is 31.2 Å². The van der Waals surface area contributed by atoms with E-state index in [1.165, 1.54) is 13.2 Å². The Balaban J connectivity index is 2.34. The van der Waals surface area contributed by atoms with Crippen molar-refractivity contribution in [1.29, 1.82) is 0 Å². The number of hydrogen-bond acceptors (Lipinski definition) is 3. The summed E-state index contributed by atoms with van der Waals surface area (Å²) in [7, 11) is 1.48. The minimum absolute atomic E-state index is 0.271. The maximum atomic E-state index is 12.4. The van der Waals surface area contributed by atoms with Gasteiger partial charge in [0.25, 0.3) is 5.91 Å². The van der Waals surface area contributed by atoms with Gasteiger partial charge in [-0.3, -0.25) is 4.79 Å². The Morgan fingerprint density at radius 3 is 2.57 bits per heavy atom. The average molecular weight is 375 g/mol. The molecule has 0 saturated carbocycles. The van der Waals surface area contributed by atoms with Crippen molar-refractivity contribution in [2.45, 2.75) is 6.92 Å². The summed E-state index contributed by atoms with van der Waals surface area (Å²) in [4.78, 5) is 12.4. The Bertz CT molecular complexity index is 735. The van der Waals surface area contributed by atoms with Crippen LogP contribution < -0.4 is 14.8 Å². The predicted octanol–water partition coefficient (Wildman–Crippen LogP) is 5.31. The van der Waals surface area contributed by atoms with E-state index in [1.807, 2.05) is 6.92 Å². The van der Waals surface area contributed by atoms with Gasteiger partial charge in [0.05, 0.1) is 34.5 Å². The van der Waals surface area contributed by atoms with Gasteiger partial charge >= 0.3 is 0 Å². The molecular weight excluding hydrogens is 361 g/mol. The summed E-state index contributed by atoms with van der Waals surface area (Å²) in [6.45, 7) is 2.24. The van der Waals surface area contributed by atoms with Crippen LogP contribution in [0.15, 0.2) is 30.3 Å². The molecule has 1 N–H and O–H groups in total. The van der Waals surface area contributed by atoms with Crippen molar-refractivity contribution in [2.24, 2.45) is 0 Å². The Labute approximate surface area is 149 Å². The molecule has 0 radical (unpaired) electrons. The zero-order valence-corrected chi connectivity index (χ0v) is 14.7. The fourth-order valence-corrected chi connectivity index (χ4v) is 2.59. The Morgan fingerprint density at radius 2 is 1.91 bits per heavy atom. The van der Waals surface area contributed by atoms with Gasteiger partial charge in [0.15, 0.2) is 11.5 Å². The normalized spacial score (nSPS) is 10.3. The molecule has 7 heteroatoms. The molecule has 0 heterocycles. The number of ether oxygens (including phenoxy) is 2. The molecule has 0 aromatic heterocycles. The van der Waals surface area contributed by atoms with E-state index in [9.17, 15) is 4.79 Å². The minimum atomic E-state index is -0.389. The Kier molecular flexibility index (Phi) is 5.99. The summed E-state index contributed by atoms with van der Waals surface area (Å²) in [6, 6.07) is 8.03. The maximum absolute atomic E-state index is 12.4. The zero-order chi connectivity index (χ0) is 17.0. The first kappa shape index (κ1) is 17.7. The van der Waals surface area contributed by atoms with Crippen LogP contribution >= 0.6 is 34.8 Å². The molecule has 2 rings (SSSR count). The largest absolute Gasteiger partial charge is 0.491 e. The molecule has 0 spiro atoms. The fraction of sp³-hybridized carbons (Fsp3) is 0.188. The third-order valence-corrected chi connectivity index (χ3v) is 4.08. The van der Waals surface area contributed by atoms with Gasteiger partial charge in [-0.1, -0.05) is 40.9 Å². The fourth-order valence-electron chi connectivity index (χ4n) is 1.95. The summed E-state index contributed by atoms with van der Waals surface area (Å²) in [5, 5.41) is 3.59. The van der Waals surface area contributed by atoms with E-state index in [0.29, 0.717) is 34.4 Å². The SMILES string of the molecule is CCOc1cc(C(=O)Nc2cccc(Cl)c2Cl)cc(Cl)c1OC. The van der Waals surface area contributed by atoms with E-state index in [0.717, 1.165) is 0 Å². The second kappa shape index (κ2) is 7.77. The van der Waals surface area contributed by atoms with Gasteiger partial charge in [-0.15, -0.1) is 0 Å². The lowest BCUT2D eigenvalue weighted by atomic mass is 10.1. The third-order valence-electron chi connectivity index (χ3n) is 2.98. The summed E-state index contributed by atoms with van der Waals surface area (Å²) in [5.74, 6) is 0.385. The van der Waals surface area contributed by atoms with E-state index in [4.69, 9.17) is 44.3 Å². The van der Waals surface area contributed by atoms with E-state index < -0.39 is 0 Å². The molecule has 0 aliphatic heterocycles. The van der Waals surface area contributed by atoms with Gasteiger partial charge in [0, 0.05) is 5.56 Å². The van der Waals surface area contributed by atoms with E-state index >= 15 is 0 Å². The summed E-state index contributed by atoms with van der Waals surface area (Å²) >= 11 is 18.1. The molecule has 23 heavy (non-hydrogen) atoms. The number of rotatable bonds is 5. The molecule has 2 aromatic rings. The van der Waals surface area contributed by atoms with Gasteiger partial charge in [-0.2, -0.15) is 0 Å². The molecule has 0 aliphatic carbocycles. The Hall–Kier alpha value is -1.62. The molecule has 2 aromatic carbocycles. The zero-order valence-electron chi connectivity index (χ0n) is 12.5. The third kappa shape index (κ3) is 4.02. The van der Waals surface area contributed by atoms with Crippen LogP contribution in [0.5, 0.6) is 11.5 Å². The molecule has 0 aliphatic rings. The highest BCUT2D eigenvalue weighted by molar-refractivity contribution is 6.44. The van der Waals surface area contributed by atoms with Crippen LogP contribution in [-0.4, -0.2) is 19.6 Å². The van der Waals surface area contributed by atoms with E-state index in [-0.39, 0.29) is 16.0 Å². The average Bonchev–Trinajstić information content (AvgIpc) is 2.52. The van der Waals surface area contributed by atoms with Gasteiger partial charge in [0.2, 0.25) is 0 Å². The monoisotopic (exact) mass is 373 g/mol. The minimum Gasteiger partial charge on any atom is -0.491 e. The summed E-state index contributed by atoms with van der Waals surface area (Å²) in [6.07, 6.45) is 0. The predicted molar refractivity (Wildman–Crippen MR) is 93.6 cm³/mol. The molecule has 0 saturated heterocycles. The second-order valence-corrected chi connectivity index (χ2v) is 5.67. The van der Waals surface area contributed by atoms with Crippen LogP contribution in [-0.2, 0) is 0 Å². The number of carbonyl (C=O) groups excluding carboxylic acids is 1. The Morgan fingerprint density at radius 1 is 1.17 bits per heavy atom. The lowest BCUT2D eigenvalue weighted by molar-refractivity contribution is 0.102. The topological polar surface area (TPSA) is 47.6 Å².